The van der Waals surface area contributed by atoms with E-state index in [1.165, 1.54) is 6.07 Å². The number of halogens is 2. The minimum atomic E-state index is -0.816. The number of benzene rings is 1. The lowest BCUT2D eigenvalue weighted by Crippen LogP contribution is -2.29. The summed E-state index contributed by atoms with van der Waals surface area (Å²) >= 11 is 0. The lowest BCUT2D eigenvalue weighted by atomic mass is 10.1. The molecule has 1 aromatic carbocycles. The van der Waals surface area contributed by atoms with Crippen molar-refractivity contribution in [2.75, 3.05) is 13.2 Å². The van der Waals surface area contributed by atoms with Crippen LogP contribution in [0.5, 0.6) is 0 Å². The Balaban J connectivity index is 2.52. The van der Waals surface area contributed by atoms with Crippen LogP contribution >= 0.6 is 0 Å². The van der Waals surface area contributed by atoms with E-state index in [4.69, 9.17) is 4.74 Å². The summed E-state index contributed by atoms with van der Waals surface area (Å²) in [6, 6.07) is 3.92. The second kappa shape index (κ2) is 6.67. The van der Waals surface area contributed by atoms with E-state index in [2.05, 4.69) is 5.32 Å². The first-order valence-corrected chi connectivity index (χ1v) is 5.84. The third-order valence-corrected chi connectivity index (χ3v) is 2.61. The van der Waals surface area contributed by atoms with E-state index in [1.807, 2.05) is 20.8 Å². The first-order chi connectivity index (χ1) is 8.04. The molecule has 0 spiro atoms. The highest BCUT2D eigenvalue weighted by Crippen LogP contribution is 2.15. The van der Waals surface area contributed by atoms with Crippen LogP contribution in [0, 0.1) is 11.6 Å². The maximum absolute atomic E-state index is 13.0. The molecule has 1 aromatic rings. The summed E-state index contributed by atoms with van der Waals surface area (Å²) in [4.78, 5) is 0. The molecule has 96 valence electrons. The maximum atomic E-state index is 13.0. The van der Waals surface area contributed by atoms with Gasteiger partial charge in [-0.1, -0.05) is 6.07 Å². The van der Waals surface area contributed by atoms with Gasteiger partial charge in [0.25, 0.3) is 0 Å². The summed E-state index contributed by atoms with van der Waals surface area (Å²) in [7, 11) is 0. The van der Waals surface area contributed by atoms with Crippen LogP contribution in [0.4, 0.5) is 8.78 Å². The lowest BCUT2D eigenvalue weighted by Gasteiger charge is -2.18. The first kappa shape index (κ1) is 14.1. The number of nitrogens with one attached hydrogen (secondary N) is 1. The van der Waals surface area contributed by atoms with E-state index in [0.717, 1.165) is 11.6 Å². The van der Waals surface area contributed by atoms with Crippen molar-refractivity contribution in [2.24, 2.45) is 0 Å². The highest BCUT2D eigenvalue weighted by molar-refractivity contribution is 5.20. The molecule has 2 atom stereocenters. The molecule has 4 heteroatoms. The van der Waals surface area contributed by atoms with Gasteiger partial charge in [0.15, 0.2) is 11.6 Å². The van der Waals surface area contributed by atoms with Crippen LogP contribution in [-0.2, 0) is 4.74 Å². The molecular weight excluding hydrogens is 224 g/mol. The number of rotatable bonds is 6. The molecule has 2 unspecified atom stereocenters. The summed E-state index contributed by atoms with van der Waals surface area (Å²) in [5.74, 6) is -1.63. The van der Waals surface area contributed by atoms with Gasteiger partial charge in [0.1, 0.15) is 0 Å². The van der Waals surface area contributed by atoms with Gasteiger partial charge < -0.3 is 10.1 Å². The molecule has 1 N–H and O–H groups in total. The Bertz CT molecular complexity index is 357. The number of hydrogen-bond acceptors (Lipinski definition) is 2. The average Bonchev–Trinajstić information content (AvgIpc) is 2.30. The summed E-state index contributed by atoms with van der Waals surface area (Å²) in [6.07, 6.45) is 0.104. The molecule has 0 aliphatic heterocycles. The van der Waals surface area contributed by atoms with Gasteiger partial charge >= 0.3 is 0 Å². The predicted molar refractivity (Wildman–Crippen MR) is 63.9 cm³/mol. The predicted octanol–water partition coefficient (Wildman–Crippen LogP) is 3.04. The number of ether oxygens (including phenoxy) is 1. The molecule has 1 rings (SSSR count). The van der Waals surface area contributed by atoms with Gasteiger partial charge in [-0.25, -0.2) is 8.78 Å². The van der Waals surface area contributed by atoms with Crippen molar-refractivity contribution in [2.45, 2.75) is 32.9 Å². The van der Waals surface area contributed by atoms with E-state index in [1.54, 1.807) is 6.07 Å². The summed E-state index contributed by atoms with van der Waals surface area (Å²) < 4.78 is 31.2. The van der Waals surface area contributed by atoms with Crippen molar-refractivity contribution in [1.29, 1.82) is 0 Å². The van der Waals surface area contributed by atoms with Gasteiger partial charge in [0, 0.05) is 19.2 Å². The highest BCUT2D eigenvalue weighted by atomic mass is 19.2. The molecule has 0 aliphatic rings. The minimum Gasteiger partial charge on any atom is -0.377 e. The minimum absolute atomic E-state index is 0.0343. The Labute approximate surface area is 101 Å². The zero-order chi connectivity index (χ0) is 12.8. The third kappa shape index (κ3) is 4.40. The zero-order valence-corrected chi connectivity index (χ0v) is 10.5. The average molecular weight is 243 g/mol. The van der Waals surface area contributed by atoms with Crippen molar-refractivity contribution in [3.8, 4) is 0 Å². The van der Waals surface area contributed by atoms with Crippen LogP contribution in [0.2, 0.25) is 0 Å². The molecule has 0 heterocycles. The van der Waals surface area contributed by atoms with E-state index in [0.29, 0.717) is 13.2 Å². The molecular formula is C13H19F2NO. The van der Waals surface area contributed by atoms with Crippen LogP contribution < -0.4 is 5.32 Å². The summed E-state index contributed by atoms with van der Waals surface area (Å²) in [6.45, 7) is 7.16. The fourth-order valence-corrected chi connectivity index (χ4v) is 1.59. The van der Waals surface area contributed by atoms with Crippen molar-refractivity contribution < 1.29 is 13.5 Å². The van der Waals surface area contributed by atoms with Crippen LogP contribution in [0.15, 0.2) is 18.2 Å². The van der Waals surface area contributed by atoms with Gasteiger partial charge in [-0.3, -0.25) is 0 Å². The normalized spacial score (nSPS) is 14.6. The largest absolute Gasteiger partial charge is 0.377 e. The van der Waals surface area contributed by atoms with Crippen molar-refractivity contribution in [1.82, 2.24) is 5.32 Å². The van der Waals surface area contributed by atoms with Gasteiger partial charge in [-0.2, -0.15) is 0 Å². The molecule has 0 bridgehead atoms. The third-order valence-electron chi connectivity index (χ3n) is 2.61. The fourth-order valence-electron chi connectivity index (χ4n) is 1.59. The standard InChI is InChI=1S/C13H19F2NO/c1-4-17-9(2)8-16-10(3)11-5-6-12(14)13(15)7-11/h5-7,9-10,16H,4,8H2,1-3H3. The van der Waals surface area contributed by atoms with Crippen molar-refractivity contribution in [3.63, 3.8) is 0 Å². The lowest BCUT2D eigenvalue weighted by molar-refractivity contribution is 0.0743. The van der Waals surface area contributed by atoms with E-state index in [9.17, 15) is 8.78 Å². The monoisotopic (exact) mass is 243 g/mol. The van der Waals surface area contributed by atoms with Gasteiger partial charge in [0.2, 0.25) is 0 Å². The van der Waals surface area contributed by atoms with E-state index >= 15 is 0 Å². The van der Waals surface area contributed by atoms with Crippen molar-refractivity contribution >= 4 is 0 Å². The second-order valence-electron chi connectivity index (χ2n) is 4.07. The zero-order valence-electron chi connectivity index (χ0n) is 10.5. The molecule has 0 fully saturated rings. The second-order valence-corrected chi connectivity index (χ2v) is 4.07. The topological polar surface area (TPSA) is 21.3 Å². The first-order valence-electron chi connectivity index (χ1n) is 5.84. The van der Waals surface area contributed by atoms with Gasteiger partial charge in [-0.05, 0) is 38.5 Å². The number of hydrogen-bond donors (Lipinski definition) is 1. The quantitative estimate of drug-likeness (QED) is 0.829. The van der Waals surface area contributed by atoms with E-state index in [-0.39, 0.29) is 12.1 Å². The SMILES string of the molecule is CCOC(C)CNC(C)c1ccc(F)c(F)c1. The van der Waals surface area contributed by atoms with Gasteiger partial charge in [-0.15, -0.1) is 0 Å². The smallest absolute Gasteiger partial charge is 0.159 e. The summed E-state index contributed by atoms with van der Waals surface area (Å²) in [5, 5.41) is 3.22. The Morgan fingerprint density at radius 1 is 1.24 bits per heavy atom. The van der Waals surface area contributed by atoms with E-state index < -0.39 is 11.6 Å². The van der Waals surface area contributed by atoms with Crippen LogP contribution in [0.3, 0.4) is 0 Å². The molecule has 0 aliphatic carbocycles. The Hall–Kier alpha value is -1.00. The molecule has 0 saturated heterocycles. The molecule has 0 saturated carbocycles. The Kier molecular flexibility index (Phi) is 5.51. The summed E-state index contributed by atoms with van der Waals surface area (Å²) in [5.41, 5.74) is 0.729. The Morgan fingerprint density at radius 3 is 2.53 bits per heavy atom. The molecule has 0 radical (unpaired) electrons. The molecule has 2 nitrogen and oxygen atoms in total. The maximum Gasteiger partial charge on any atom is 0.159 e. The van der Waals surface area contributed by atoms with Crippen molar-refractivity contribution in [3.05, 3.63) is 35.4 Å². The molecule has 0 amide bonds. The molecule has 0 aromatic heterocycles. The van der Waals surface area contributed by atoms with Crippen LogP contribution in [-0.4, -0.2) is 19.3 Å². The molecule has 17 heavy (non-hydrogen) atoms. The Morgan fingerprint density at radius 2 is 1.94 bits per heavy atom. The van der Waals surface area contributed by atoms with Crippen LogP contribution in [0.25, 0.3) is 0 Å². The highest BCUT2D eigenvalue weighted by Gasteiger charge is 2.10. The van der Waals surface area contributed by atoms with Crippen LogP contribution in [0.1, 0.15) is 32.4 Å². The fraction of sp³-hybridized carbons (Fsp3) is 0.538. The van der Waals surface area contributed by atoms with Gasteiger partial charge in [0.05, 0.1) is 6.10 Å².